The highest BCUT2D eigenvalue weighted by Gasteiger charge is 2.19. The molecule has 0 spiro atoms. The van der Waals surface area contributed by atoms with E-state index in [1.807, 2.05) is 20.8 Å². The average Bonchev–Trinajstić information content (AvgIpc) is 2.65. The van der Waals surface area contributed by atoms with E-state index in [1.54, 1.807) is 4.68 Å². The van der Waals surface area contributed by atoms with E-state index < -0.39 is 0 Å². The van der Waals surface area contributed by atoms with Gasteiger partial charge in [-0.05, 0) is 33.7 Å². The van der Waals surface area contributed by atoms with Gasteiger partial charge in [0.2, 0.25) is 5.69 Å². The number of aromatic nitrogens is 2. The monoisotopic (exact) mass is 243 g/mol. The summed E-state index contributed by atoms with van der Waals surface area (Å²) in [6.45, 7) is 8.65. The van der Waals surface area contributed by atoms with Gasteiger partial charge < -0.3 is 19.7 Å². The predicted octanol–water partition coefficient (Wildman–Crippen LogP) is 0.133. The van der Waals surface area contributed by atoms with Crippen LogP contribution in [0.5, 0.6) is 5.95 Å². The molecule has 0 aliphatic carbocycles. The summed E-state index contributed by atoms with van der Waals surface area (Å²) in [5.74, 6) is -0.365. The van der Waals surface area contributed by atoms with E-state index in [0.717, 1.165) is 26.2 Å². The Balaban J connectivity index is 2.33. The topological polar surface area (TPSA) is 74.2 Å². The van der Waals surface area contributed by atoms with Crippen molar-refractivity contribution in [1.82, 2.24) is 10.6 Å². The first-order chi connectivity index (χ1) is 8.16. The van der Waals surface area contributed by atoms with Crippen LogP contribution >= 0.6 is 0 Å². The van der Waals surface area contributed by atoms with Gasteiger partial charge in [-0.15, -0.1) is 0 Å². The lowest BCUT2D eigenvalue weighted by atomic mass is 10.3. The molecule has 1 aromatic heterocycles. The average molecular weight is 243 g/mol. The summed E-state index contributed by atoms with van der Waals surface area (Å²) in [6, 6.07) is 0.127. The smallest absolute Gasteiger partial charge is 0.247 e. The first-order valence-corrected chi connectivity index (χ1v) is 6.02. The summed E-state index contributed by atoms with van der Waals surface area (Å²) < 4.78 is 11.5. The van der Waals surface area contributed by atoms with Crippen LogP contribution in [0.15, 0.2) is 4.52 Å². The Hall–Kier alpha value is -1.14. The highest BCUT2D eigenvalue weighted by atomic mass is 16.6. The molecule has 0 aliphatic rings. The molecule has 0 radical (unpaired) electrons. The third-order valence-corrected chi connectivity index (χ3v) is 2.35. The molecule has 0 unspecified atom stereocenters. The van der Waals surface area contributed by atoms with Crippen LogP contribution in [0.1, 0.15) is 38.9 Å². The normalized spacial score (nSPS) is 11.3. The molecule has 1 N–H and O–H groups in total. The van der Waals surface area contributed by atoms with Gasteiger partial charge in [0.1, 0.15) is 0 Å². The molecule has 0 atom stereocenters. The largest absolute Gasteiger partial charge is 0.539 e. The number of rotatable bonds is 8. The minimum atomic E-state index is -0.365. The molecule has 0 fully saturated rings. The molecule has 98 valence electrons. The van der Waals surface area contributed by atoms with E-state index in [2.05, 4.69) is 15.1 Å². The molecule has 0 aliphatic heterocycles. The fraction of sp³-hybridized carbons (Fsp3) is 0.818. The van der Waals surface area contributed by atoms with Gasteiger partial charge in [0.05, 0.1) is 11.8 Å². The van der Waals surface area contributed by atoms with Crippen molar-refractivity contribution in [3.8, 4) is 5.95 Å². The van der Waals surface area contributed by atoms with E-state index in [-0.39, 0.29) is 12.0 Å². The van der Waals surface area contributed by atoms with Crippen LogP contribution in [0.4, 0.5) is 0 Å². The molecule has 6 heteroatoms. The molecular weight excluding hydrogens is 222 g/mol. The number of hydrogen-bond acceptors (Lipinski definition) is 5. The quantitative estimate of drug-likeness (QED) is 0.519. The Bertz CT molecular complexity index is 326. The molecule has 0 bridgehead atoms. The zero-order valence-electron chi connectivity index (χ0n) is 10.7. The van der Waals surface area contributed by atoms with Gasteiger partial charge in [-0.3, -0.25) is 0 Å². The van der Waals surface area contributed by atoms with E-state index in [1.165, 1.54) is 0 Å². The second kappa shape index (κ2) is 7.24. The van der Waals surface area contributed by atoms with E-state index in [4.69, 9.17) is 4.74 Å². The highest BCUT2D eigenvalue weighted by Crippen LogP contribution is 2.08. The van der Waals surface area contributed by atoms with Crippen LogP contribution in [0.25, 0.3) is 0 Å². The lowest BCUT2D eigenvalue weighted by molar-refractivity contribution is -0.785. The highest BCUT2D eigenvalue weighted by molar-refractivity contribution is 5.02. The summed E-state index contributed by atoms with van der Waals surface area (Å²) in [6.07, 6.45) is 0.926. The van der Waals surface area contributed by atoms with Gasteiger partial charge in [0.25, 0.3) is 0 Å². The van der Waals surface area contributed by atoms with E-state index in [0.29, 0.717) is 12.2 Å². The van der Waals surface area contributed by atoms with Crippen molar-refractivity contribution in [1.29, 1.82) is 0 Å². The Kier molecular flexibility index (Phi) is 5.93. The molecule has 0 aromatic carbocycles. The van der Waals surface area contributed by atoms with E-state index >= 15 is 0 Å². The lowest BCUT2D eigenvalue weighted by Crippen LogP contribution is -2.43. The summed E-state index contributed by atoms with van der Waals surface area (Å²) in [5.41, 5.74) is 0.566. The van der Waals surface area contributed by atoms with Gasteiger partial charge in [-0.1, -0.05) is 4.68 Å². The molecule has 17 heavy (non-hydrogen) atoms. The summed E-state index contributed by atoms with van der Waals surface area (Å²) in [5, 5.41) is 18.3. The fourth-order valence-corrected chi connectivity index (χ4v) is 1.49. The van der Waals surface area contributed by atoms with Crippen LogP contribution in [0, 0.1) is 0 Å². The molecular formula is C11H21N3O3. The Morgan fingerprint density at radius 2 is 2.29 bits per heavy atom. The first-order valence-electron chi connectivity index (χ1n) is 6.02. The van der Waals surface area contributed by atoms with Gasteiger partial charge in [0.15, 0.2) is 12.0 Å². The first kappa shape index (κ1) is 13.9. The van der Waals surface area contributed by atoms with Crippen LogP contribution in [0.3, 0.4) is 0 Å². The minimum absolute atomic E-state index is 0.127. The molecule has 6 nitrogen and oxygen atoms in total. The number of nitrogens with zero attached hydrogens (tertiary/aromatic N) is 2. The maximum Gasteiger partial charge on any atom is 0.247 e. The maximum atomic E-state index is 11.4. The molecule has 1 aromatic rings. The Labute approximate surface area is 102 Å². The van der Waals surface area contributed by atoms with Crippen LogP contribution < -0.4 is 15.1 Å². The van der Waals surface area contributed by atoms with Crippen molar-refractivity contribution in [2.75, 3.05) is 19.8 Å². The molecule has 0 amide bonds. The summed E-state index contributed by atoms with van der Waals surface area (Å²) >= 11 is 0. The van der Waals surface area contributed by atoms with Gasteiger partial charge in [0, 0.05) is 13.2 Å². The number of ether oxygens (including phenoxy) is 1. The van der Waals surface area contributed by atoms with Gasteiger partial charge in [-0.25, -0.2) is 0 Å². The second-order valence-electron chi connectivity index (χ2n) is 4.07. The van der Waals surface area contributed by atoms with Crippen molar-refractivity contribution < 1.29 is 19.0 Å². The second-order valence-corrected chi connectivity index (χ2v) is 4.07. The molecule has 1 rings (SSSR count). The van der Waals surface area contributed by atoms with Crippen LogP contribution in [-0.4, -0.2) is 25.0 Å². The summed E-state index contributed by atoms with van der Waals surface area (Å²) in [4.78, 5) is 0. The zero-order chi connectivity index (χ0) is 12.7. The zero-order valence-corrected chi connectivity index (χ0v) is 10.7. The minimum Gasteiger partial charge on any atom is -0.539 e. The number of nitrogens with one attached hydrogen (secondary N) is 1. The van der Waals surface area contributed by atoms with Crippen molar-refractivity contribution in [3.05, 3.63) is 5.69 Å². The third-order valence-electron chi connectivity index (χ3n) is 2.35. The van der Waals surface area contributed by atoms with Crippen molar-refractivity contribution in [2.45, 2.75) is 39.8 Å². The van der Waals surface area contributed by atoms with Crippen LogP contribution in [-0.2, 0) is 11.3 Å². The standard InChI is InChI=1S/C11H21N3O3/c1-4-16-7-5-6-12-8-10-11(15)17-13-14(10)9(2)3/h9,12H,4-8H2,1-3H3. The van der Waals surface area contributed by atoms with Crippen molar-refractivity contribution in [2.24, 2.45) is 0 Å². The molecule has 1 heterocycles. The molecule has 0 saturated carbocycles. The third kappa shape index (κ3) is 4.32. The lowest BCUT2D eigenvalue weighted by Gasteiger charge is -2.04. The SMILES string of the molecule is CCOCCCNCc1c([O-])on[n+]1C(C)C. The van der Waals surface area contributed by atoms with Gasteiger partial charge >= 0.3 is 0 Å². The predicted molar refractivity (Wildman–Crippen MR) is 59.3 cm³/mol. The summed E-state index contributed by atoms with van der Waals surface area (Å²) in [7, 11) is 0. The Morgan fingerprint density at radius 3 is 2.94 bits per heavy atom. The van der Waals surface area contributed by atoms with Gasteiger partial charge in [-0.2, -0.15) is 0 Å². The van der Waals surface area contributed by atoms with E-state index in [9.17, 15) is 5.11 Å². The maximum absolute atomic E-state index is 11.4. The van der Waals surface area contributed by atoms with Crippen LogP contribution in [0.2, 0.25) is 0 Å². The number of hydrogen-bond donors (Lipinski definition) is 1. The Morgan fingerprint density at radius 1 is 1.53 bits per heavy atom. The van der Waals surface area contributed by atoms with Crippen molar-refractivity contribution >= 4 is 0 Å². The molecule has 0 saturated heterocycles. The fourth-order valence-electron chi connectivity index (χ4n) is 1.49. The van der Waals surface area contributed by atoms with Crippen molar-refractivity contribution in [3.63, 3.8) is 0 Å².